The molecule has 1 aromatic rings. The van der Waals surface area contributed by atoms with Gasteiger partial charge in [-0.3, -0.25) is 4.79 Å². The monoisotopic (exact) mass is 211 g/mol. The van der Waals surface area contributed by atoms with Gasteiger partial charge in [-0.05, 0) is 19.1 Å². The van der Waals surface area contributed by atoms with Gasteiger partial charge >= 0.3 is 0 Å². The van der Waals surface area contributed by atoms with Crippen molar-refractivity contribution in [1.29, 1.82) is 0 Å². The summed E-state index contributed by atoms with van der Waals surface area (Å²) in [6, 6.07) is 3.82. The molecular formula is C10H13NO2S. The van der Waals surface area contributed by atoms with Crippen LogP contribution in [-0.2, 0) is 11.3 Å². The minimum Gasteiger partial charge on any atom is -0.464 e. The lowest BCUT2D eigenvalue weighted by atomic mass is 10.4. The zero-order valence-electron chi connectivity index (χ0n) is 8.06. The van der Waals surface area contributed by atoms with Crippen LogP contribution in [0, 0.1) is 6.92 Å². The van der Waals surface area contributed by atoms with Gasteiger partial charge in [0.2, 0.25) is 5.91 Å². The van der Waals surface area contributed by atoms with E-state index in [0.29, 0.717) is 13.0 Å². The zero-order chi connectivity index (χ0) is 10.1. The number of likely N-dealkylation sites (tertiary alicyclic amines) is 1. The first-order valence-corrected chi connectivity index (χ1v) is 5.18. The quantitative estimate of drug-likeness (QED) is 0.754. The van der Waals surface area contributed by atoms with Gasteiger partial charge in [0, 0.05) is 18.2 Å². The van der Waals surface area contributed by atoms with Crippen LogP contribution in [0.4, 0.5) is 0 Å². The Morgan fingerprint density at radius 3 is 2.93 bits per heavy atom. The molecule has 0 saturated carbocycles. The maximum absolute atomic E-state index is 11.4. The molecule has 76 valence electrons. The van der Waals surface area contributed by atoms with Crippen molar-refractivity contribution in [3.8, 4) is 0 Å². The Hall–Kier alpha value is -0.900. The Balaban J connectivity index is 2.01. The van der Waals surface area contributed by atoms with Crippen molar-refractivity contribution in [2.24, 2.45) is 0 Å². The second-order valence-electron chi connectivity index (χ2n) is 3.64. The van der Waals surface area contributed by atoms with Gasteiger partial charge in [0.05, 0.1) is 6.54 Å². The molecule has 0 N–H and O–H groups in total. The summed E-state index contributed by atoms with van der Waals surface area (Å²) in [5.41, 5.74) is 0. The lowest BCUT2D eigenvalue weighted by Gasteiger charge is -2.13. The lowest BCUT2D eigenvalue weighted by molar-refractivity contribution is -0.128. The maximum atomic E-state index is 11.4. The molecule has 1 aliphatic heterocycles. The summed E-state index contributed by atoms with van der Waals surface area (Å²) in [5.74, 6) is 1.89. The number of amides is 1. The van der Waals surface area contributed by atoms with Crippen LogP contribution in [0.2, 0.25) is 0 Å². The third kappa shape index (κ3) is 1.95. The van der Waals surface area contributed by atoms with Gasteiger partial charge in [-0.15, -0.1) is 0 Å². The number of carbonyl (C=O) groups is 1. The van der Waals surface area contributed by atoms with Crippen molar-refractivity contribution >= 4 is 18.5 Å². The van der Waals surface area contributed by atoms with Crippen LogP contribution < -0.4 is 0 Å². The fourth-order valence-corrected chi connectivity index (χ4v) is 2.02. The highest BCUT2D eigenvalue weighted by atomic mass is 32.1. The largest absolute Gasteiger partial charge is 0.464 e. The second-order valence-corrected chi connectivity index (χ2v) is 4.37. The Labute approximate surface area is 88.5 Å². The molecule has 0 radical (unpaired) electrons. The Kier molecular flexibility index (Phi) is 2.54. The Morgan fingerprint density at radius 1 is 1.64 bits per heavy atom. The SMILES string of the molecule is Cc1ccc(CN2CC(S)CC2=O)o1. The van der Waals surface area contributed by atoms with E-state index >= 15 is 0 Å². The summed E-state index contributed by atoms with van der Waals surface area (Å²) in [7, 11) is 0. The number of carbonyl (C=O) groups excluding carboxylic acids is 1. The number of rotatable bonds is 2. The predicted octanol–water partition coefficient (Wildman–Crippen LogP) is 1.62. The number of thiol groups is 1. The van der Waals surface area contributed by atoms with Crippen molar-refractivity contribution in [2.45, 2.75) is 25.1 Å². The molecule has 14 heavy (non-hydrogen) atoms. The van der Waals surface area contributed by atoms with E-state index in [9.17, 15) is 4.79 Å². The van der Waals surface area contributed by atoms with Gasteiger partial charge in [-0.25, -0.2) is 0 Å². The fraction of sp³-hybridized carbons (Fsp3) is 0.500. The Morgan fingerprint density at radius 2 is 2.43 bits per heavy atom. The van der Waals surface area contributed by atoms with Crippen molar-refractivity contribution in [2.75, 3.05) is 6.54 Å². The van der Waals surface area contributed by atoms with Crippen molar-refractivity contribution in [1.82, 2.24) is 4.90 Å². The van der Waals surface area contributed by atoms with Gasteiger partial charge in [-0.1, -0.05) is 0 Å². The molecule has 1 unspecified atom stereocenters. The summed E-state index contributed by atoms with van der Waals surface area (Å²) in [5, 5.41) is 0.179. The zero-order valence-corrected chi connectivity index (χ0v) is 8.96. The molecule has 1 aromatic heterocycles. The molecule has 2 heterocycles. The highest BCUT2D eigenvalue weighted by molar-refractivity contribution is 7.81. The van der Waals surface area contributed by atoms with Crippen LogP contribution >= 0.6 is 12.6 Å². The molecule has 0 spiro atoms. The van der Waals surface area contributed by atoms with Gasteiger partial charge in [0.15, 0.2) is 0 Å². The van der Waals surface area contributed by atoms with E-state index in [1.165, 1.54) is 0 Å². The summed E-state index contributed by atoms with van der Waals surface area (Å²) in [6.07, 6.45) is 0.544. The number of furan rings is 1. The van der Waals surface area contributed by atoms with Gasteiger partial charge in [0.25, 0.3) is 0 Å². The molecule has 0 aliphatic carbocycles. The van der Waals surface area contributed by atoms with Crippen molar-refractivity contribution in [3.05, 3.63) is 23.7 Å². The van der Waals surface area contributed by atoms with E-state index in [2.05, 4.69) is 12.6 Å². The minimum absolute atomic E-state index is 0.166. The van der Waals surface area contributed by atoms with Crippen molar-refractivity contribution in [3.63, 3.8) is 0 Å². The summed E-state index contributed by atoms with van der Waals surface area (Å²) < 4.78 is 5.41. The average molecular weight is 211 g/mol. The third-order valence-electron chi connectivity index (χ3n) is 2.34. The van der Waals surface area contributed by atoms with E-state index < -0.39 is 0 Å². The van der Waals surface area contributed by atoms with Crippen LogP contribution in [0.15, 0.2) is 16.5 Å². The van der Waals surface area contributed by atoms with Gasteiger partial charge < -0.3 is 9.32 Å². The smallest absolute Gasteiger partial charge is 0.224 e. The molecule has 1 atom stereocenters. The van der Waals surface area contributed by atoms with Crippen LogP contribution in [0.5, 0.6) is 0 Å². The number of hydrogen-bond donors (Lipinski definition) is 1. The highest BCUT2D eigenvalue weighted by Crippen LogP contribution is 2.19. The Bertz CT molecular complexity index is 348. The maximum Gasteiger partial charge on any atom is 0.224 e. The fourth-order valence-electron chi connectivity index (χ4n) is 1.66. The van der Waals surface area contributed by atoms with Crippen LogP contribution in [-0.4, -0.2) is 22.6 Å². The molecule has 1 saturated heterocycles. The van der Waals surface area contributed by atoms with E-state index in [-0.39, 0.29) is 11.2 Å². The number of hydrogen-bond acceptors (Lipinski definition) is 3. The minimum atomic E-state index is 0.166. The molecule has 1 amide bonds. The number of aryl methyl sites for hydroxylation is 1. The predicted molar refractivity (Wildman–Crippen MR) is 56.3 cm³/mol. The van der Waals surface area contributed by atoms with Crippen LogP contribution in [0.3, 0.4) is 0 Å². The van der Waals surface area contributed by atoms with Gasteiger partial charge in [0.1, 0.15) is 11.5 Å². The third-order valence-corrected chi connectivity index (χ3v) is 2.68. The molecule has 1 fully saturated rings. The lowest BCUT2D eigenvalue weighted by Crippen LogP contribution is -2.24. The summed E-state index contributed by atoms with van der Waals surface area (Å²) in [4.78, 5) is 13.2. The van der Waals surface area contributed by atoms with Crippen LogP contribution in [0.25, 0.3) is 0 Å². The van der Waals surface area contributed by atoms with E-state index in [0.717, 1.165) is 18.1 Å². The second kappa shape index (κ2) is 3.69. The molecule has 1 aliphatic rings. The molecule has 2 rings (SSSR count). The average Bonchev–Trinajstić information content (AvgIpc) is 2.61. The summed E-state index contributed by atoms with van der Waals surface area (Å²) >= 11 is 4.29. The first kappa shape index (κ1) is 9.65. The molecule has 3 nitrogen and oxygen atoms in total. The normalized spacial score (nSPS) is 22.0. The van der Waals surface area contributed by atoms with E-state index in [1.54, 1.807) is 4.90 Å². The topological polar surface area (TPSA) is 33.5 Å². The van der Waals surface area contributed by atoms with Crippen molar-refractivity contribution < 1.29 is 9.21 Å². The number of nitrogens with zero attached hydrogens (tertiary/aromatic N) is 1. The molecule has 0 bridgehead atoms. The van der Waals surface area contributed by atoms with E-state index in [4.69, 9.17) is 4.42 Å². The molecular weight excluding hydrogens is 198 g/mol. The standard InChI is InChI=1S/C10H13NO2S/c1-7-2-3-8(13-7)5-11-6-9(14)4-10(11)12/h2-3,9,14H,4-6H2,1H3. The highest BCUT2D eigenvalue weighted by Gasteiger charge is 2.27. The van der Waals surface area contributed by atoms with E-state index in [1.807, 2.05) is 19.1 Å². The molecule has 0 aromatic carbocycles. The van der Waals surface area contributed by atoms with Gasteiger partial charge in [-0.2, -0.15) is 12.6 Å². The van der Waals surface area contributed by atoms with Crippen LogP contribution in [0.1, 0.15) is 17.9 Å². The molecule has 4 heteroatoms. The first-order valence-electron chi connectivity index (χ1n) is 4.66. The summed E-state index contributed by atoms with van der Waals surface area (Å²) in [6.45, 7) is 3.20. The first-order chi connectivity index (χ1) is 6.65.